The van der Waals surface area contributed by atoms with Crippen LogP contribution in [0.4, 0.5) is 0 Å². The SMILES string of the molecule is CC1CC(C)(CO)CN1C. The van der Waals surface area contributed by atoms with Crippen molar-refractivity contribution in [1.29, 1.82) is 0 Å². The molecule has 2 atom stereocenters. The van der Waals surface area contributed by atoms with Gasteiger partial charge in [0.05, 0.1) is 0 Å². The van der Waals surface area contributed by atoms with Crippen LogP contribution in [0, 0.1) is 5.41 Å². The van der Waals surface area contributed by atoms with Gasteiger partial charge in [0, 0.05) is 24.6 Å². The number of nitrogens with zero attached hydrogens (tertiary/aromatic N) is 1. The molecule has 0 aliphatic carbocycles. The van der Waals surface area contributed by atoms with E-state index in [0.717, 1.165) is 13.0 Å². The van der Waals surface area contributed by atoms with Crippen LogP contribution in [0.3, 0.4) is 0 Å². The van der Waals surface area contributed by atoms with Gasteiger partial charge in [-0.25, -0.2) is 0 Å². The van der Waals surface area contributed by atoms with E-state index in [1.54, 1.807) is 0 Å². The van der Waals surface area contributed by atoms with Crippen LogP contribution in [0.2, 0.25) is 0 Å². The molecule has 0 aromatic rings. The Morgan fingerprint density at radius 3 is 2.50 bits per heavy atom. The number of likely N-dealkylation sites (tertiary alicyclic amines) is 1. The van der Waals surface area contributed by atoms with Crippen LogP contribution in [0.15, 0.2) is 0 Å². The predicted octanol–water partition coefficient (Wildman–Crippen LogP) is 0.709. The summed E-state index contributed by atoms with van der Waals surface area (Å²) in [7, 11) is 2.12. The van der Waals surface area contributed by atoms with Crippen LogP contribution in [0.1, 0.15) is 20.3 Å². The average molecular weight is 143 g/mol. The molecule has 0 aromatic heterocycles. The van der Waals surface area contributed by atoms with E-state index in [2.05, 4.69) is 25.8 Å². The van der Waals surface area contributed by atoms with E-state index in [1.165, 1.54) is 0 Å². The molecule has 1 aliphatic heterocycles. The Morgan fingerprint density at radius 2 is 2.30 bits per heavy atom. The van der Waals surface area contributed by atoms with E-state index in [-0.39, 0.29) is 5.41 Å². The molecular weight excluding hydrogens is 126 g/mol. The zero-order chi connectivity index (χ0) is 7.78. The van der Waals surface area contributed by atoms with Crippen molar-refractivity contribution in [1.82, 2.24) is 4.90 Å². The Kier molecular flexibility index (Phi) is 2.02. The molecule has 0 bridgehead atoms. The lowest BCUT2D eigenvalue weighted by Crippen LogP contribution is -2.26. The van der Waals surface area contributed by atoms with E-state index in [1.807, 2.05) is 0 Å². The van der Waals surface area contributed by atoms with Gasteiger partial charge in [-0.05, 0) is 20.4 Å². The molecule has 0 saturated carbocycles. The fraction of sp³-hybridized carbons (Fsp3) is 1.00. The average Bonchev–Trinajstić information content (AvgIpc) is 2.10. The minimum absolute atomic E-state index is 0.161. The number of rotatable bonds is 1. The molecule has 1 N–H and O–H groups in total. The normalized spacial score (nSPS) is 42.6. The van der Waals surface area contributed by atoms with Gasteiger partial charge in [-0.15, -0.1) is 0 Å². The number of hydrogen-bond donors (Lipinski definition) is 1. The van der Waals surface area contributed by atoms with Crippen molar-refractivity contribution in [3.05, 3.63) is 0 Å². The van der Waals surface area contributed by atoms with E-state index in [9.17, 15) is 0 Å². The smallest absolute Gasteiger partial charge is 0.0497 e. The monoisotopic (exact) mass is 143 g/mol. The molecule has 2 heteroatoms. The molecule has 0 aromatic carbocycles. The summed E-state index contributed by atoms with van der Waals surface area (Å²) in [6.45, 7) is 5.71. The Bertz CT molecular complexity index is 114. The zero-order valence-electron chi connectivity index (χ0n) is 7.09. The summed E-state index contributed by atoms with van der Waals surface area (Å²) in [5.41, 5.74) is 0.161. The molecular formula is C8H17NO. The quantitative estimate of drug-likeness (QED) is 0.584. The summed E-state index contributed by atoms with van der Waals surface area (Å²) in [6, 6.07) is 0.636. The summed E-state index contributed by atoms with van der Waals surface area (Å²) in [4.78, 5) is 2.30. The van der Waals surface area contributed by atoms with Gasteiger partial charge in [0.25, 0.3) is 0 Å². The van der Waals surface area contributed by atoms with Crippen molar-refractivity contribution in [2.24, 2.45) is 5.41 Å². The Balaban J connectivity index is 2.55. The fourth-order valence-corrected chi connectivity index (χ4v) is 1.81. The van der Waals surface area contributed by atoms with Crippen molar-refractivity contribution in [2.75, 3.05) is 20.2 Å². The van der Waals surface area contributed by atoms with Crippen LogP contribution in [-0.2, 0) is 0 Å². The highest BCUT2D eigenvalue weighted by molar-refractivity contribution is 4.89. The molecule has 1 fully saturated rings. The predicted molar refractivity (Wildman–Crippen MR) is 41.9 cm³/mol. The molecule has 1 saturated heterocycles. The van der Waals surface area contributed by atoms with Crippen LogP contribution in [-0.4, -0.2) is 36.2 Å². The van der Waals surface area contributed by atoms with Crippen LogP contribution in [0.25, 0.3) is 0 Å². The summed E-state index contributed by atoms with van der Waals surface area (Å²) in [6.07, 6.45) is 1.12. The van der Waals surface area contributed by atoms with Crippen molar-refractivity contribution >= 4 is 0 Å². The third-order valence-corrected chi connectivity index (χ3v) is 2.55. The largest absolute Gasteiger partial charge is 0.396 e. The van der Waals surface area contributed by atoms with E-state index in [0.29, 0.717) is 12.6 Å². The molecule has 60 valence electrons. The molecule has 10 heavy (non-hydrogen) atoms. The lowest BCUT2D eigenvalue weighted by molar-refractivity contribution is 0.150. The molecule has 1 heterocycles. The fourth-order valence-electron chi connectivity index (χ4n) is 1.81. The third-order valence-electron chi connectivity index (χ3n) is 2.55. The van der Waals surface area contributed by atoms with Gasteiger partial charge in [-0.3, -0.25) is 0 Å². The lowest BCUT2D eigenvalue weighted by Gasteiger charge is -2.19. The van der Waals surface area contributed by atoms with Crippen molar-refractivity contribution in [3.8, 4) is 0 Å². The highest BCUT2D eigenvalue weighted by atomic mass is 16.3. The van der Waals surface area contributed by atoms with Gasteiger partial charge < -0.3 is 10.0 Å². The number of aliphatic hydroxyl groups excluding tert-OH is 1. The maximum atomic E-state index is 9.03. The first-order chi connectivity index (χ1) is 4.57. The number of hydrogen-bond acceptors (Lipinski definition) is 2. The maximum absolute atomic E-state index is 9.03. The van der Waals surface area contributed by atoms with Crippen LogP contribution < -0.4 is 0 Å². The van der Waals surface area contributed by atoms with Crippen LogP contribution in [0.5, 0.6) is 0 Å². The Labute approximate surface area is 62.8 Å². The lowest BCUT2D eigenvalue weighted by atomic mass is 9.89. The third kappa shape index (κ3) is 1.32. The molecule has 0 radical (unpaired) electrons. The van der Waals surface area contributed by atoms with E-state index < -0.39 is 0 Å². The highest BCUT2D eigenvalue weighted by Crippen LogP contribution is 2.32. The van der Waals surface area contributed by atoms with Gasteiger partial charge in [-0.1, -0.05) is 6.92 Å². The summed E-state index contributed by atoms with van der Waals surface area (Å²) in [5.74, 6) is 0. The second-order valence-corrected chi connectivity index (χ2v) is 3.94. The van der Waals surface area contributed by atoms with Gasteiger partial charge >= 0.3 is 0 Å². The molecule has 1 rings (SSSR count). The molecule has 2 unspecified atom stereocenters. The van der Waals surface area contributed by atoms with Gasteiger partial charge in [0.15, 0.2) is 0 Å². The van der Waals surface area contributed by atoms with Crippen molar-refractivity contribution < 1.29 is 5.11 Å². The van der Waals surface area contributed by atoms with Gasteiger partial charge in [0.2, 0.25) is 0 Å². The number of aliphatic hydroxyl groups is 1. The van der Waals surface area contributed by atoms with E-state index >= 15 is 0 Å². The molecule has 2 nitrogen and oxygen atoms in total. The van der Waals surface area contributed by atoms with Crippen LogP contribution >= 0.6 is 0 Å². The zero-order valence-corrected chi connectivity index (χ0v) is 7.09. The van der Waals surface area contributed by atoms with Gasteiger partial charge in [-0.2, -0.15) is 0 Å². The summed E-state index contributed by atoms with van der Waals surface area (Å²) >= 11 is 0. The summed E-state index contributed by atoms with van der Waals surface area (Å²) < 4.78 is 0. The second-order valence-electron chi connectivity index (χ2n) is 3.94. The van der Waals surface area contributed by atoms with E-state index in [4.69, 9.17) is 5.11 Å². The van der Waals surface area contributed by atoms with Crippen molar-refractivity contribution in [3.63, 3.8) is 0 Å². The van der Waals surface area contributed by atoms with Gasteiger partial charge in [0.1, 0.15) is 0 Å². The summed E-state index contributed by atoms with van der Waals surface area (Å²) in [5, 5.41) is 9.03. The Morgan fingerprint density at radius 1 is 1.70 bits per heavy atom. The topological polar surface area (TPSA) is 23.5 Å². The first kappa shape index (κ1) is 8.02. The first-order valence-electron chi connectivity index (χ1n) is 3.88. The molecule has 0 spiro atoms. The molecule has 0 amide bonds. The van der Waals surface area contributed by atoms with Crippen molar-refractivity contribution in [2.45, 2.75) is 26.3 Å². The molecule has 1 aliphatic rings. The standard InChI is InChI=1S/C8H17NO/c1-7-4-8(2,6-10)5-9(7)3/h7,10H,4-6H2,1-3H3. The minimum atomic E-state index is 0.161. The highest BCUT2D eigenvalue weighted by Gasteiger charge is 2.35. The maximum Gasteiger partial charge on any atom is 0.0497 e. The second kappa shape index (κ2) is 2.51. The first-order valence-corrected chi connectivity index (χ1v) is 3.88. The minimum Gasteiger partial charge on any atom is -0.396 e. The Hall–Kier alpha value is -0.0800.